The van der Waals surface area contributed by atoms with E-state index in [2.05, 4.69) is 5.32 Å². The van der Waals surface area contributed by atoms with Crippen molar-refractivity contribution < 1.29 is 22.8 Å². The minimum absolute atomic E-state index is 0.0727. The van der Waals surface area contributed by atoms with Crippen molar-refractivity contribution in [1.29, 1.82) is 0 Å². The normalized spacial score (nSPS) is 22.8. The summed E-state index contributed by atoms with van der Waals surface area (Å²) in [5.41, 5.74) is 0.430. The van der Waals surface area contributed by atoms with Gasteiger partial charge in [0.05, 0.1) is 17.4 Å². The Morgan fingerprint density at radius 3 is 2.65 bits per heavy atom. The van der Waals surface area contributed by atoms with Crippen LogP contribution in [0.15, 0.2) is 24.3 Å². The maximum Gasteiger partial charge on any atom is 0.243 e. The van der Waals surface area contributed by atoms with E-state index in [9.17, 15) is 22.8 Å². The molecule has 0 aromatic heterocycles. The average Bonchev–Trinajstić information content (AvgIpc) is 3.07. The van der Waals surface area contributed by atoms with Crippen molar-refractivity contribution in [1.82, 2.24) is 10.2 Å². The van der Waals surface area contributed by atoms with E-state index < -0.39 is 15.4 Å². The van der Waals surface area contributed by atoms with Crippen LogP contribution in [0.4, 0.5) is 5.69 Å². The Balaban J connectivity index is 1.77. The Labute approximate surface area is 152 Å². The lowest BCUT2D eigenvalue weighted by Gasteiger charge is -2.26. The standard InChI is InChI=1S/C17H21N3O5S/c1-12-4-3-5-13(8-12)20(26(2,24)25)10-15(22)19-7-6-17(11-19)9-14(21)18-16(17)23/h3-5,8H,6-7,9-11H2,1-2H3,(H,18,21,23). The molecule has 1 unspecified atom stereocenters. The minimum Gasteiger partial charge on any atom is -0.340 e. The van der Waals surface area contributed by atoms with Gasteiger partial charge in [-0.2, -0.15) is 0 Å². The van der Waals surface area contributed by atoms with Gasteiger partial charge in [-0.25, -0.2) is 8.42 Å². The molecule has 3 amide bonds. The third-order valence-corrected chi connectivity index (χ3v) is 6.05. The molecule has 2 aliphatic heterocycles. The van der Waals surface area contributed by atoms with Gasteiger partial charge in [0.2, 0.25) is 27.7 Å². The van der Waals surface area contributed by atoms with Gasteiger partial charge in [0.25, 0.3) is 0 Å². The number of carbonyl (C=O) groups is 3. The maximum absolute atomic E-state index is 12.7. The van der Waals surface area contributed by atoms with Crippen LogP contribution in [0.3, 0.4) is 0 Å². The first-order chi connectivity index (χ1) is 12.1. The number of imide groups is 1. The fourth-order valence-corrected chi connectivity index (χ4v) is 4.35. The number of rotatable bonds is 4. The first-order valence-electron chi connectivity index (χ1n) is 8.27. The van der Waals surface area contributed by atoms with E-state index in [1.54, 1.807) is 18.2 Å². The smallest absolute Gasteiger partial charge is 0.243 e. The number of benzene rings is 1. The molecule has 0 bridgehead atoms. The van der Waals surface area contributed by atoms with Gasteiger partial charge in [-0.15, -0.1) is 0 Å². The van der Waals surface area contributed by atoms with Crippen molar-refractivity contribution in [2.24, 2.45) is 5.41 Å². The summed E-state index contributed by atoms with van der Waals surface area (Å²) >= 11 is 0. The Kier molecular flexibility index (Phi) is 4.51. The third-order valence-electron chi connectivity index (χ3n) is 4.91. The maximum atomic E-state index is 12.7. The second-order valence-corrected chi connectivity index (χ2v) is 8.92. The van der Waals surface area contributed by atoms with Crippen LogP contribution in [-0.2, 0) is 24.4 Å². The molecular formula is C17H21N3O5S. The van der Waals surface area contributed by atoms with Crippen molar-refractivity contribution in [3.05, 3.63) is 29.8 Å². The second kappa shape index (κ2) is 6.39. The molecule has 8 nitrogen and oxygen atoms in total. The molecule has 3 rings (SSSR count). The summed E-state index contributed by atoms with van der Waals surface area (Å²) in [6, 6.07) is 6.90. The monoisotopic (exact) mass is 379 g/mol. The van der Waals surface area contributed by atoms with Crippen LogP contribution in [-0.4, -0.2) is 56.9 Å². The van der Waals surface area contributed by atoms with Crippen LogP contribution in [0, 0.1) is 12.3 Å². The zero-order valence-corrected chi connectivity index (χ0v) is 15.5. The largest absolute Gasteiger partial charge is 0.340 e. The molecule has 0 radical (unpaired) electrons. The van der Waals surface area contributed by atoms with E-state index in [0.717, 1.165) is 16.1 Å². The summed E-state index contributed by atoms with van der Waals surface area (Å²) in [6.45, 7) is 1.96. The van der Waals surface area contributed by atoms with Crippen LogP contribution >= 0.6 is 0 Å². The fourth-order valence-electron chi connectivity index (χ4n) is 3.51. The number of sulfonamides is 1. The summed E-state index contributed by atoms with van der Waals surface area (Å²) in [4.78, 5) is 37.7. The molecule has 1 aromatic rings. The number of hydrogen-bond acceptors (Lipinski definition) is 5. The molecule has 2 fully saturated rings. The predicted octanol–water partition coefficient (Wildman–Crippen LogP) is 0.0262. The minimum atomic E-state index is -3.65. The van der Waals surface area contributed by atoms with Crippen LogP contribution in [0.2, 0.25) is 0 Å². The van der Waals surface area contributed by atoms with Gasteiger partial charge < -0.3 is 4.90 Å². The second-order valence-electron chi connectivity index (χ2n) is 7.01. The Morgan fingerprint density at radius 2 is 2.08 bits per heavy atom. The molecule has 0 aliphatic carbocycles. The lowest BCUT2D eigenvalue weighted by atomic mass is 9.85. The summed E-state index contributed by atoms with van der Waals surface area (Å²) in [5, 5.41) is 2.28. The highest BCUT2D eigenvalue weighted by Gasteiger charge is 2.51. The van der Waals surface area contributed by atoms with Crippen LogP contribution in [0.1, 0.15) is 18.4 Å². The number of nitrogens with zero attached hydrogens (tertiary/aromatic N) is 2. The number of aryl methyl sites for hydroxylation is 1. The predicted molar refractivity (Wildman–Crippen MR) is 94.8 cm³/mol. The SMILES string of the molecule is Cc1cccc(N(CC(=O)N2CCC3(CC(=O)NC3=O)C2)S(C)(=O)=O)c1. The summed E-state index contributed by atoms with van der Waals surface area (Å²) in [7, 11) is -3.65. The number of anilines is 1. The number of amides is 3. The summed E-state index contributed by atoms with van der Waals surface area (Å²) in [6.07, 6.45) is 1.53. The van der Waals surface area contributed by atoms with E-state index in [4.69, 9.17) is 0 Å². The van der Waals surface area contributed by atoms with Gasteiger partial charge in [-0.1, -0.05) is 12.1 Å². The van der Waals surface area contributed by atoms with Crippen molar-refractivity contribution in [2.75, 3.05) is 30.2 Å². The zero-order chi connectivity index (χ0) is 19.1. The van der Waals surface area contributed by atoms with Gasteiger partial charge in [0.15, 0.2) is 0 Å². The molecule has 2 saturated heterocycles. The van der Waals surface area contributed by atoms with E-state index in [-0.39, 0.29) is 37.2 Å². The van der Waals surface area contributed by atoms with Gasteiger partial charge >= 0.3 is 0 Å². The highest BCUT2D eigenvalue weighted by molar-refractivity contribution is 7.92. The average molecular weight is 379 g/mol. The topological polar surface area (TPSA) is 104 Å². The molecule has 140 valence electrons. The molecular weight excluding hydrogens is 358 g/mol. The van der Waals surface area contributed by atoms with E-state index >= 15 is 0 Å². The van der Waals surface area contributed by atoms with Gasteiger partial charge in [0, 0.05) is 19.5 Å². The molecule has 1 aromatic carbocycles. The van der Waals surface area contributed by atoms with Crippen LogP contribution in [0.25, 0.3) is 0 Å². The molecule has 2 heterocycles. The lowest BCUT2D eigenvalue weighted by molar-refractivity contribution is -0.130. The quantitative estimate of drug-likeness (QED) is 0.743. The number of carbonyl (C=O) groups excluding carboxylic acids is 3. The molecule has 9 heteroatoms. The van der Waals surface area contributed by atoms with E-state index in [0.29, 0.717) is 18.7 Å². The first-order valence-corrected chi connectivity index (χ1v) is 10.1. The van der Waals surface area contributed by atoms with Gasteiger partial charge in [-0.05, 0) is 31.0 Å². The molecule has 2 aliphatic rings. The van der Waals surface area contributed by atoms with Crippen LogP contribution < -0.4 is 9.62 Å². The van der Waals surface area contributed by atoms with Crippen molar-refractivity contribution in [3.8, 4) is 0 Å². The van der Waals surface area contributed by atoms with Crippen molar-refractivity contribution >= 4 is 33.4 Å². The number of nitrogens with one attached hydrogen (secondary N) is 1. The molecule has 0 saturated carbocycles. The van der Waals surface area contributed by atoms with E-state index in [1.165, 1.54) is 4.90 Å². The van der Waals surface area contributed by atoms with Gasteiger partial charge in [-0.3, -0.25) is 24.0 Å². The summed E-state index contributed by atoms with van der Waals surface area (Å²) < 4.78 is 25.4. The van der Waals surface area contributed by atoms with E-state index in [1.807, 2.05) is 13.0 Å². The molecule has 26 heavy (non-hydrogen) atoms. The lowest BCUT2D eigenvalue weighted by Crippen LogP contribution is -2.43. The fraction of sp³-hybridized carbons (Fsp3) is 0.471. The first kappa shape index (κ1) is 18.4. The highest BCUT2D eigenvalue weighted by Crippen LogP contribution is 2.37. The molecule has 1 atom stereocenters. The Bertz CT molecular complexity index is 882. The highest BCUT2D eigenvalue weighted by atomic mass is 32.2. The number of hydrogen-bond donors (Lipinski definition) is 1. The van der Waals surface area contributed by atoms with Crippen molar-refractivity contribution in [3.63, 3.8) is 0 Å². The molecule has 1 spiro atoms. The van der Waals surface area contributed by atoms with Crippen LogP contribution in [0.5, 0.6) is 0 Å². The molecule has 1 N–H and O–H groups in total. The van der Waals surface area contributed by atoms with Crippen molar-refractivity contribution in [2.45, 2.75) is 19.8 Å². The third kappa shape index (κ3) is 3.44. The summed E-state index contributed by atoms with van der Waals surface area (Å²) in [5.74, 6) is -1.07. The Hall–Kier alpha value is -2.42. The Morgan fingerprint density at radius 1 is 1.35 bits per heavy atom. The number of likely N-dealkylation sites (tertiary alicyclic amines) is 1. The zero-order valence-electron chi connectivity index (χ0n) is 14.7. The van der Waals surface area contributed by atoms with Gasteiger partial charge in [0.1, 0.15) is 6.54 Å².